The molecule has 0 spiro atoms. The predicted molar refractivity (Wildman–Crippen MR) is 69.0 cm³/mol. The van der Waals surface area contributed by atoms with Gasteiger partial charge in [-0.25, -0.2) is 0 Å². The molecule has 0 N–H and O–H groups in total. The Bertz CT molecular complexity index is 454. The molecule has 1 atom stereocenters. The molecule has 0 aliphatic rings. The Hall–Kier alpha value is -0.860. The molecule has 0 radical (unpaired) electrons. The van der Waals surface area contributed by atoms with E-state index >= 15 is 0 Å². The van der Waals surface area contributed by atoms with Crippen molar-refractivity contribution in [2.24, 2.45) is 0 Å². The molecular formula is C11H10Br2N2O. The Labute approximate surface area is 111 Å². The van der Waals surface area contributed by atoms with Gasteiger partial charge in [0.15, 0.2) is 0 Å². The van der Waals surface area contributed by atoms with Gasteiger partial charge in [-0.3, -0.25) is 4.79 Å². The highest BCUT2D eigenvalue weighted by molar-refractivity contribution is 9.11. The lowest BCUT2D eigenvalue weighted by atomic mass is 10.2. The summed E-state index contributed by atoms with van der Waals surface area (Å²) in [6, 6.07) is 6.90. The molecule has 0 saturated heterocycles. The number of hydrogen-bond acceptors (Lipinski definition) is 2. The summed E-state index contributed by atoms with van der Waals surface area (Å²) in [4.78, 5) is 13.4. The molecule has 5 heteroatoms. The summed E-state index contributed by atoms with van der Waals surface area (Å²) in [5, 5.41) is 8.75. The molecule has 0 aliphatic heterocycles. The summed E-state index contributed by atoms with van der Waals surface area (Å²) in [5.41, 5.74) is 0.549. The van der Waals surface area contributed by atoms with Crippen LogP contribution in [0, 0.1) is 11.3 Å². The van der Waals surface area contributed by atoms with Gasteiger partial charge in [0.2, 0.25) is 0 Å². The van der Waals surface area contributed by atoms with Gasteiger partial charge in [0.25, 0.3) is 5.91 Å². The van der Waals surface area contributed by atoms with Crippen LogP contribution >= 0.6 is 31.9 Å². The molecule has 0 aliphatic carbocycles. The van der Waals surface area contributed by atoms with Gasteiger partial charge >= 0.3 is 0 Å². The van der Waals surface area contributed by atoms with Crippen molar-refractivity contribution in [2.45, 2.75) is 13.0 Å². The van der Waals surface area contributed by atoms with Crippen molar-refractivity contribution in [3.8, 4) is 6.07 Å². The van der Waals surface area contributed by atoms with Crippen LogP contribution in [-0.4, -0.2) is 23.9 Å². The minimum absolute atomic E-state index is 0.173. The molecule has 1 aromatic carbocycles. The number of nitrogens with zero attached hydrogens (tertiary/aromatic N) is 2. The normalized spacial score (nSPS) is 11.7. The van der Waals surface area contributed by atoms with Crippen LogP contribution in [0.3, 0.4) is 0 Å². The molecule has 1 amide bonds. The maximum absolute atomic E-state index is 12.0. The van der Waals surface area contributed by atoms with Gasteiger partial charge in [-0.2, -0.15) is 5.26 Å². The molecule has 1 rings (SSSR count). The van der Waals surface area contributed by atoms with Crippen molar-refractivity contribution in [1.29, 1.82) is 5.26 Å². The van der Waals surface area contributed by atoms with Crippen LogP contribution in [0.2, 0.25) is 0 Å². The zero-order chi connectivity index (χ0) is 12.3. The lowest BCUT2D eigenvalue weighted by molar-refractivity contribution is 0.0772. The van der Waals surface area contributed by atoms with E-state index in [1.807, 2.05) is 6.07 Å². The molecule has 16 heavy (non-hydrogen) atoms. The minimum Gasteiger partial charge on any atom is -0.326 e. The van der Waals surface area contributed by atoms with Crippen molar-refractivity contribution in [3.05, 3.63) is 32.7 Å². The standard InChI is InChI=1S/C11H10Br2N2O/c1-7(6-14)15(2)11(16)9-4-3-8(12)5-10(9)13/h3-5,7H,1-2H3. The molecule has 0 fully saturated rings. The summed E-state index contributed by atoms with van der Waals surface area (Å²) < 4.78 is 1.61. The van der Waals surface area contributed by atoms with Crippen molar-refractivity contribution >= 4 is 37.8 Å². The van der Waals surface area contributed by atoms with E-state index in [1.165, 1.54) is 4.90 Å². The van der Waals surface area contributed by atoms with Gasteiger partial charge in [0.05, 0.1) is 11.6 Å². The second-order valence-electron chi connectivity index (χ2n) is 3.35. The Morgan fingerprint density at radius 1 is 1.50 bits per heavy atom. The molecular weight excluding hydrogens is 336 g/mol. The number of nitriles is 1. The third-order valence-corrected chi connectivity index (χ3v) is 3.40. The quantitative estimate of drug-likeness (QED) is 0.826. The number of carbonyl (C=O) groups is 1. The first-order valence-electron chi connectivity index (χ1n) is 4.59. The largest absolute Gasteiger partial charge is 0.326 e. The Kier molecular flexibility index (Phi) is 4.51. The van der Waals surface area contributed by atoms with Crippen LogP contribution in [0.4, 0.5) is 0 Å². The zero-order valence-electron chi connectivity index (χ0n) is 8.87. The molecule has 1 aromatic rings. The molecule has 0 heterocycles. The summed E-state index contributed by atoms with van der Waals surface area (Å²) in [5.74, 6) is -0.173. The van der Waals surface area contributed by atoms with E-state index in [1.54, 1.807) is 32.2 Å². The molecule has 1 unspecified atom stereocenters. The van der Waals surface area contributed by atoms with Crippen LogP contribution in [0.5, 0.6) is 0 Å². The van der Waals surface area contributed by atoms with Gasteiger partial charge < -0.3 is 4.90 Å². The number of halogens is 2. The predicted octanol–water partition coefficient (Wildman–Crippen LogP) is 3.20. The Balaban J connectivity index is 3.02. The molecule has 0 saturated carbocycles. The van der Waals surface area contributed by atoms with Crippen molar-refractivity contribution in [3.63, 3.8) is 0 Å². The van der Waals surface area contributed by atoms with E-state index in [9.17, 15) is 4.79 Å². The van der Waals surface area contributed by atoms with Gasteiger partial charge in [-0.15, -0.1) is 0 Å². The number of hydrogen-bond donors (Lipinski definition) is 0. The monoisotopic (exact) mass is 344 g/mol. The van der Waals surface area contributed by atoms with Crippen LogP contribution in [0.25, 0.3) is 0 Å². The molecule has 0 bridgehead atoms. The van der Waals surface area contributed by atoms with E-state index in [-0.39, 0.29) is 5.91 Å². The number of carbonyl (C=O) groups excluding carboxylic acids is 1. The number of amides is 1. The smallest absolute Gasteiger partial charge is 0.255 e. The van der Waals surface area contributed by atoms with Crippen LogP contribution in [0.15, 0.2) is 27.1 Å². The minimum atomic E-state index is -0.442. The number of benzene rings is 1. The molecule has 84 valence electrons. The van der Waals surface area contributed by atoms with E-state index in [4.69, 9.17) is 5.26 Å². The second kappa shape index (κ2) is 5.46. The topological polar surface area (TPSA) is 44.1 Å². The van der Waals surface area contributed by atoms with Gasteiger partial charge in [0, 0.05) is 16.0 Å². The van der Waals surface area contributed by atoms with Crippen LogP contribution in [0.1, 0.15) is 17.3 Å². The molecule has 3 nitrogen and oxygen atoms in total. The van der Waals surface area contributed by atoms with E-state index in [0.717, 1.165) is 4.47 Å². The summed E-state index contributed by atoms with van der Waals surface area (Å²) >= 11 is 6.64. The maximum Gasteiger partial charge on any atom is 0.255 e. The summed E-state index contributed by atoms with van der Waals surface area (Å²) in [7, 11) is 1.62. The van der Waals surface area contributed by atoms with E-state index in [0.29, 0.717) is 10.0 Å². The second-order valence-corrected chi connectivity index (χ2v) is 5.12. The fourth-order valence-electron chi connectivity index (χ4n) is 1.12. The van der Waals surface area contributed by atoms with Gasteiger partial charge in [-0.1, -0.05) is 15.9 Å². The number of rotatable bonds is 2. The van der Waals surface area contributed by atoms with Crippen molar-refractivity contribution < 1.29 is 4.79 Å². The summed E-state index contributed by atoms with van der Waals surface area (Å²) in [6.45, 7) is 1.69. The highest BCUT2D eigenvalue weighted by Crippen LogP contribution is 2.23. The Morgan fingerprint density at radius 2 is 2.12 bits per heavy atom. The third-order valence-electron chi connectivity index (χ3n) is 2.25. The van der Waals surface area contributed by atoms with Crippen LogP contribution < -0.4 is 0 Å². The fourth-order valence-corrected chi connectivity index (χ4v) is 2.33. The van der Waals surface area contributed by atoms with Crippen LogP contribution in [-0.2, 0) is 0 Å². The Morgan fingerprint density at radius 3 is 2.62 bits per heavy atom. The van der Waals surface area contributed by atoms with Gasteiger partial charge in [-0.05, 0) is 41.1 Å². The highest BCUT2D eigenvalue weighted by Gasteiger charge is 2.19. The maximum atomic E-state index is 12.0. The zero-order valence-corrected chi connectivity index (χ0v) is 12.0. The lowest BCUT2D eigenvalue weighted by Gasteiger charge is -2.20. The van der Waals surface area contributed by atoms with E-state index < -0.39 is 6.04 Å². The SMILES string of the molecule is CC(C#N)N(C)C(=O)c1ccc(Br)cc1Br. The average Bonchev–Trinajstić information content (AvgIpc) is 2.26. The fraction of sp³-hybridized carbons (Fsp3) is 0.273. The van der Waals surface area contributed by atoms with Gasteiger partial charge in [0.1, 0.15) is 6.04 Å². The van der Waals surface area contributed by atoms with Crippen molar-refractivity contribution in [1.82, 2.24) is 4.90 Å². The highest BCUT2D eigenvalue weighted by atomic mass is 79.9. The average molecular weight is 346 g/mol. The lowest BCUT2D eigenvalue weighted by Crippen LogP contribution is -2.34. The summed E-state index contributed by atoms with van der Waals surface area (Å²) in [6.07, 6.45) is 0. The first-order valence-corrected chi connectivity index (χ1v) is 6.17. The van der Waals surface area contributed by atoms with Crippen molar-refractivity contribution in [2.75, 3.05) is 7.05 Å². The molecule has 0 aromatic heterocycles. The first-order chi connectivity index (χ1) is 7.47. The first kappa shape index (κ1) is 13.2. The third kappa shape index (κ3) is 2.83. The van der Waals surface area contributed by atoms with E-state index in [2.05, 4.69) is 31.9 Å².